The van der Waals surface area contributed by atoms with Crippen LogP contribution in [0.2, 0.25) is 0 Å². The average Bonchev–Trinajstić information content (AvgIpc) is 2.45. The summed E-state index contributed by atoms with van der Waals surface area (Å²) in [5.41, 5.74) is 0.967. The molecule has 1 aliphatic carbocycles. The van der Waals surface area contributed by atoms with E-state index in [2.05, 4.69) is 5.32 Å². The van der Waals surface area contributed by atoms with Gasteiger partial charge in [0.05, 0.1) is 12.6 Å². The Morgan fingerprint density at radius 1 is 1.10 bits per heavy atom. The van der Waals surface area contributed by atoms with Crippen molar-refractivity contribution in [2.75, 3.05) is 6.61 Å². The first-order valence-electron chi connectivity index (χ1n) is 7.77. The quantitative estimate of drug-likeness (QED) is 0.886. The van der Waals surface area contributed by atoms with Gasteiger partial charge in [0.25, 0.3) is 0 Å². The molecule has 1 atom stereocenters. The third-order valence-electron chi connectivity index (χ3n) is 4.18. The van der Waals surface area contributed by atoms with Crippen molar-refractivity contribution in [3.05, 3.63) is 35.9 Å². The summed E-state index contributed by atoms with van der Waals surface area (Å²) in [4.78, 5) is 12.4. The van der Waals surface area contributed by atoms with Crippen LogP contribution in [-0.2, 0) is 4.79 Å². The van der Waals surface area contributed by atoms with Crippen molar-refractivity contribution in [1.82, 2.24) is 5.32 Å². The minimum Gasteiger partial charge on any atom is -0.394 e. The molecule has 20 heavy (non-hydrogen) atoms. The Hall–Kier alpha value is -1.35. The number of carbonyl (C=O) groups is 1. The fraction of sp³-hybridized carbons (Fsp3) is 0.588. The Bertz CT molecular complexity index is 397. The second-order valence-electron chi connectivity index (χ2n) is 5.70. The normalized spacial score (nSPS) is 18.9. The highest BCUT2D eigenvalue weighted by Gasteiger charge is 2.22. The minimum atomic E-state index is -0.283. The predicted octanol–water partition coefficient (Wildman–Crippen LogP) is 3.20. The van der Waals surface area contributed by atoms with Crippen molar-refractivity contribution in [3.63, 3.8) is 0 Å². The molecule has 1 aromatic carbocycles. The molecule has 3 nitrogen and oxygen atoms in total. The highest BCUT2D eigenvalue weighted by molar-refractivity contribution is 5.79. The van der Waals surface area contributed by atoms with Crippen molar-refractivity contribution < 1.29 is 9.90 Å². The first-order valence-corrected chi connectivity index (χ1v) is 7.77. The molecule has 0 spiro atoms. The van der Waals surface area contributed by atoms with Gasteiger partial charge in [-0.1, -0.05) is 62.4 Å². The summed E-state index contributed by atoms with van der Waals surface area (Å²) < 4.78 is 0. The Kier molecular flexibility index (Phi) is 6.06. The zero-order valence-electron chi connectivity index (χ0n) is 12.1. The maximum absolute atomic E-state index is 12.4. The fourth-order valence-corrected chi connectivity index (χ4v) is 2.93. The zero-order chi connectivity index (χ0) is 14.2. The van der Waals surface area contributed by atoms with Crippen LogP contribution in [0.4, 0.5) is 0 Å². The van der Waals surface area contributed by atoms with Crippen LogP contribution in [0.1, 0.15) is 56.6 Å². The lowest BCUT2D eigenvalue weighted by atomic mass is 9.90. The maximum atomic E-state index is 12.4. The lowest BCUT2D eigenvalue weighted by Crippen LogP contribution is -2.36. The van der Waals surface area contributed by atoms with Gasteiger partial charge in [0, 0.05) is 5.92 Å². The van der Waals surface area contributed by atoms with E-state index in [1.807, 2.05) is 30.3 Å². The summed E-state index contributed by atoms with van der Waals surface area (Å²) >= 11 is 0. The molecule has 1 fully saturated rings. The lowest BCUT2D eigenvalue weighted by Gasteiger charge is -2.23. The summed E-state index contributed by atoms with van der Waals surface area (Å²) in [6.45, 7) is -0.0531. The third-order valence-corrected chi connectivity index (χ3v) is 4.18. The predicted molar refractivity (Wildman–Crippen MR) is 80.2 cm³/mol. The zero-order valence-corrected chi connectivity index (χ0v) is 12.1. The van der Waals surface area contributed by atoms with Crippen LogP contribution >= 0.6 is 0 Å². The Morgan fingerprint density at radius 2 is 1.70 bits per heavy atom. The molecule has 3 heteroatoms. The van der Waals surface area contributed by atoms with Gasteiger partial charge in [-0.25, -0.2) is 0 Å². The van der Waals surface area contributed by atoms with Gasteiger partial charge < -0.3 is 10.4 Å². The second kappa shape index (κ2) is 8.05. The fourth-order valence-electron chi connectivity index (χ4n) is 2.93. The van der Waals surface area contributed by atoms with E-state index in [9.17, 15) is 9.90 Å². The molecule has 1 aromatic rings. The van der Waals surface area contributed by atoms with Gasteiger partial charge in [0.1, 0.15) is 0 Å². The smallest absolute Gasteiger partial charge is 0.223 e. The van der Waals surface area contributed by atoms with E-state index in [-0.39, 0.29) is 24.5 Å². The number of benzene rings is 1. The number of rotatable bonds is 4. The van der Waals surface area contributed by atoms with Gasteiger partial charge in [0.2, 0.25) is 5.91 Å². The highest BCUT2D eigenvalue weighted by atomic mass is 16.3. The molecule has 1 aliphatic rings. The average molecular weight is 275 g/mol. The van der Waals surface area contributed by atoms with Crippen LogP contribution in [0.3, 0.4) is 0 Å². The molecule has 0 bridgehead atoms. The summed E-state index contributed by atoms with van der Waals surface area (Å²) in [5, 5.41) is 12.5. The molecule has 2 rings (SSSR count). The number of hydrogen-bond acceptors (Lipinski definition) is 2. The van der Waals surface area contributed by atoms with Gasteiger partial charge in [-0.2, -0.15) is 0 Å². The van der Waals surface area contributed by atoms with Gasteiger partial charge >= 0.3 is 0 Å². The second-order valence-corrected chi connectivity index (χ2v) is 5.70. The molecule has 0 aromatic heterocycles. The molecule has 0 unspecified atom stereocenters. The molecule has 0 aliphatic heterocycles. The van der Waals surface area contributed by atoms with Crippen LogP contribution in [0, 0.1) is 5.92 Å². The van der Waals surface area contributed by atoms with Crippen molar-refractivity contribution in [2.24, 2.45) is 5.92 Å². The summed E-state index contributed by atoms with van der Waals surface area (Å²) in [7, 11) is 0. The number of amides is 1. The summed E-state index contributed by atoms with van der Waals surface area (Å²) in [6.07, 6.45) is 8.05. The molecular weight excluding hydrogens is 250 g/mol. The molecule has 0 heterocycles. The van der Waals surface area contributed by atoms with E-state index in [1.54, 1.807) is 0 Å². The van der Waals surface area contributed by atoms with Crippen LogP contribution in [0.5, 0.6) is 0 Å². The van der Waals surface area contributed by atoms with Gasteiger partial charge in [0.15, 0.2) is 0 Å². The lowest BCUT2D eigenvalue weighted by molar-refractivity contribution is -0.126. The molecule has 2 N–H and O–H groups in total. The molecule has 1 amide bonds. The molecule has 110 valence electrons. The van der Waals surface area contributed by atoms with Gasteiger partial charge in [-0.3, -0.25) is 4.79 Å². The van der Waals surface area contributed by atoms with E-state index in [0.717, 1.165) is 31.2 Å². The first-order chi connectivity index (χ1) is 9.81. The van der Waals surface area contributed by atoms with E-state index >= 15 is 0 Å². The van der Waals surface area contributed by atoms with E-state index in [1.165, 1.54) is 19.3 Å². The topological polar surface area (TPSA) is 49.3 Å². The van der Waals surface area contributed by atoms with Crippen molar-refractivity contribution in [3.8, 4) is 0 Å². The number of hydrogen-bond donors (Lipinski definition) is 2. The SMILES string of the molecule is O=C(N[C@@H](CO)c1ccccc1)C1CCCCCCC1. The highest BCUT2D eigenvalue weighted by Crippen LogP contribution is 2.23. The maximum Gasteiger partial charge on any atom is 0.223 e. The Balaban J connectivity index is 1.94. The largest absolute Gasteiger partial charge is 0.394 e. The van der Waals surface area contributed by atoms with Crippen molar-refractivity contribution in [1.29, 1.82) is 0 Å². The Morgan fingerprint density at radius 3 is 2.30 bits per heavy atom. The van der Waals surface area contributed by atoms with Gasteiger partial charge in [-0.05, 0) is 18.4 Å². The van der Waals surface area contributed by atoms with Crippen LogP contribution in [0.25, 0.3) is 0 Å². The monoisotopic (exact) mass is 275 g/mol. The minimum absolute atomic E-state index is 0.0531. The van der Waals surface area contributed by atoms with E-state index in [0.29, 0.717) is 0 Å². The number of aliphatic hydroxyl groups excluding tert-OH is 1. The van der Waals surface area contributed by atoms with Crippen LogP contribution in [-0.4, -0.2) is 17.6 Å². The molecule has 0 radical (unpaired) electrons. The number of carbonyl (C=O) groups excluding carboxylic acids is 1. The first kappa shape index (κ1) is 15.0. The number of nitrogens with one attached hydrogen (secondary N) is 1. The van der Waals surface area contributed by atoms with Crippen molar-refractivity contribution >= 4 is 5.91 Å². The summed E-state index contributed by atoms with van der Waals surface area (Å²) in [6, 6.07) is 9.40. The summed E-state index contributed by atoms with van der Waals surface area (Å²) in [5.74, 6) is 0.225. The molecular formula is C17H25NO2. The van der Waals surface area contributed by atoms with E-state index < -0.39 is 0 Å². The van der Waals surface area contributed by atoms with Crippen LogP contribution in [0.15, 0.2) is 30.3 Å². The Labute approximate surface area is 121 Å². The standard InChI is InChI=1S/C17H25NO2/c19-13-16(14-9-7-4-8-10-14)18-17(20)15-11-5-2-1-3-6-12-15/h4,7-10,15-16,19H,1-3,5-6,11-13H2,(H,18,20)/t16-/m0/s1. The van der Waals surface area contributed by atoms with E-state index in [4.69, 9.17) is 0 Å². The number of aliphatic hydroxyl groups is 1. The molecule has 0 saturated heterocycles. The van der Waals surface area contributed by atoms with Gasteiger partial charge in [-0.15, -0.1) is 0 Å². The third kappa shape index (κ3) is 4.34. The molecule has 1 saturated carbocycles. The van der Waals surface area contributed by atoms with Crippen molar-refractivity contribution in [2.45, 2.75) is 51.0 Å². The van der Waals surface area contributed by atoms with Crippen LogP contribution < -0.4 is 5.32 Å².